The number of hydrogen-bond acceptors (Lipinski definition) is 3. The second-order valence-corrected chi connectivity index (χ2v) is 3.14. The van der Waals surface area contributed by atoms with Gasteiger partial charge in [0.15, 0.2) is 0 Å². The summed E-state index contributed by atoms with van der Waals surface area (Å²) in [7, 11) is 0. The van der Waals surface area contributed by atoms with E-state index in [1.807, 2.05) is 0 Å². The fourth-order valence-corrected chi connectivity index (χ4v) is 1.39. The van der Waals surface area contributed by atoms with Crippen LogP contribution in [0.5, 0.6) is 5.75 Å². The molecule has 82 valence electrons. The molecule has 0 atom stereocenters. The lowest BCUT2D eigenvalue weighted by Crippen LogP contribution is -2.05. The molecule has 0 radical (unpaired) electrons. The van der Waals surface area contributed by atoms with Crippen molar-refractivity contribution in [2.75, 3.05) is 0 Å². The SMILES string of the molecule is Cc1cc(Cl)cc(OC(F)F)c1[N+](=O)[O-]. The molecule has 0 N–H and O–H groups in total. The van der Waals surface area contributed by atoms with Crippen LogP contribution in [0.3, 0.4) is 0 Å². The zero-order chi connectivity index (χ0) is 11.6. The first-order valence-electron chi connectivity index (χ1n) is 3.81. The van der Waals surface area contributed by atoms with E-state index in [2.05, 4.69) is 4.74 Å². The van der Waals surface area contributed by atoms with E-state index in [1.54, 1.807) is 0 Å². The first-order valence-corrected chi connectivity index (χ1v) is 4.19. The predicted octanol–water partition coefficient (Wildman–Crippen LogP) is 3.16. The van der Waals surface area contributed by atoms with Gasteiger partial charge in [0, 0.05) is 16.7 Å². The van der Waals surface area contributed by atoms with E-state index in [-0.39, 0.29) is 10.6 Å². The molecule has 0 aliphatic rings. The third kappa shape index (κ3) is 2.76. The van der Waals surface area contributed by atoms with Gasteiger partial charge in [-0.1, -0.05) is 11.6 Å². The lowest BCUT2D eigenvalue weighted by Gasteiger charge is -2.07. The molecule has 0 saturated carbocycles. The molecule has 1 aromatic rings. The number of nitrogens with zero attached hydrogens (tertiary/aromatic N) is 1. The van der Waals surface area contributed by atoms with Gasteiger partial charge < -0.3 is 4.74 Å². The van der Waals surface area contributed by atoms with Gasteiger partial charge in [0.25, 0.3) is 0 Å². The van der Waals surface area contributed by atoms with Gasteiger partial charge in [0.05, 0.1) is 4.92 Å². The number of halogens is 3. The predicted molar refractivity (Wildman–Crippen MR) is 49.5 cm³/mol. The van der Waals surface area contributed by atoms with Crippen molar-refractivity contribution in [2.45, 2.75) is 13.5 Å². The molecule has 0 aliphatic carbocycles. The van der Waals surface area contributed by atoms with E-state index < -0.39 is 23.0 Å². The van der Waals surface area contributed by atoms with Crippen LogP contribution in [0.25, 0.3) is 0 Å². The number of nitro groups is 1. The normalized spacial score (nSPS) is 10.5. The summed E-state index contributed by atoms with van der Waals surface area (Å²) in [4.78, 5) is 9.78. The van der Waals surface area contributed by atoms with E-state index in [0.29, 0.717) is 0 Å². The third-order valence-corrected chi connectivity index (χ3v) is 1.85. The minimum atomic E-state index is -3.12. The maximum atomic E-state index is 11.9. The number of nitro benzene ring substituents is 1. The van der Waals surface area contributed by atoms with Gasteiger partial charge in [-0.25, -0.2) is 0 Å². The molecule has 1 aromatic carbocycles. The summed E-state index contributed by atoms with van der Waals surface area (Å²) in [6.07, 6.45) is 0. The van der Waals surface area contributed by atoms with Crippen molar-refractivity contribution in [3.63, 3.8) is 0 Å². The Morgan fingerprint density at radius 3 is 2.60 bits per heavy atom. The van der Waals surface area contributed by atoms with Crippen LogP contribution in [0.4, 0.5) is 14.5 Å². The highest BCUT2D eigenvalue weighted by molar-refractivity contribution is 6.30. The molecule has 4 nitrogen and oxygen atoms in total. The van der Waals surface area contributed by atoms with E-state index in [0.717, 1.165) is 6.07 Å². The highest BCUT2D eigenvalue weighted by Crippen LogP contribution is 2.34. The summed E-state index contributed by atoms with van der Waals surface area (Å²) < 4.78 is 27.9. The van der Waals surface area contributed by atoms with Gasteiger partial charge in [-0.05, 0) is 13.0 Å². The largest absolute Gasteiger partial charge is 0.427 e. The van der Waals surface area contributed by atoms with Crippen LogP contribution in [-0.4, -0.2) is 11.5 Å². The summed E-state index contributed by atoms with van der Waals surface area (Å²) in [5.74, 6) is -0.528. The zero-order valence-electron chi connectivity index (χ0n) is 7.54. The average Bonchev–Trinajstić information content (AvgIpc) is 1.99. The van der Waals surface area contributed by atoms with Crippen molar-refractivity contribution in [1.29, 1.82) is 0 Å². The van der Waals surface area contributed by atoms with Gasteiger partial charge >= 0.3 is 12.3 Å². The molecule has 0 fully saturated rings. The minimum Gasteiger partial charge on any atom is -0.427 e. The molecule has 0 amide bonds. The Morgan fingerprint density at radius 1 is 1.53 bits per heavy atom. The molecule has 15 heavy (non-hydrogen) atoms. The summed E-state index contributed by atoms with van der Waals surface area (Å²) in [5, 5.41) is 10.7. The van der Waals surface area contributed by atoms with E-state index in [1.165, 1.54) is 13.0 Å². The second-order valence-electron chi connectivity index (χ2n) is 2.71. The van der Waals surface area contributed by atoms with Crippen LogP contribution in [0.1, 0.15) is 5.56 Å². The van der Waals surface area contributed by atoms with Gasteiger partial charge in [0.2, 0.25) is 5.75 Å². The van der Waals surface area contributed by atoms with Gasteiger partial charge in [-0.2, -0.15) is 8.78 Å². The van der Waals surface area contributed by atoms with Crippen molar-refractivity contribution in [3.05, 3.63) is 32.8 Å². The lowest BCUT2D eigenvalue weighted by atomic mass is 10.2. The second kappa shape index (κ2) is 4.39. The van der Waals surface area contributed by atoms with Crippen molar-refractivity contribution >= 4 is 17.3 Å². The maximum absolute atomic E-state index is 11.9. The Hall–Kier alpha value is -1.43. The maximum Gasteiger partial charge on any atom is 0.387 e. The molecule has 0 aliphatic heterocycles. The molecule has 7 heteroatoms. The monoisotopic (exact) mass is 237 g/mol. The number of benzene rings is 1. The smallest absolute Gasteiger partial charge is 0.387 e. The Kier molecular flexibility index (Phi) is 3.41. The number of aryl methyl sites for hydroxylation is 1. The number of rotatable bonds is 3. The number of alkyl halides is 2. The first-order chi connectivity index (χ1) is 6.91. The molecule has 0 bridgehead atoms. The average molecular weight is 238 g/mol. The van der Waals surface area contributed by atoms with Crippen LogP contribution in [-0.2, 0) is 0 Å². The van der Waals surface area contributed by atoms with E-state index >= 15 is 0 Å². The molecule has 0 aromatic heterocycles. The standard InChI is InChI=1S/C8H6ClF2NO3/c1-4-2-5(9)3-6(15-8(10)11)7(4)12(13)14/h2-3,8H,1H3. The molecule has 0 saturated heterocycles. The Morgan fingerprint density at radius 2 is 2.13 bits per heavy atom. The van der Waals surface area contributed by atoms with Crippen LogP contribution >= 0.6 is 11.6 Å². The van der Waals surface area contributed by atoms with Gasteiger partial charge in [-0.15, -0.1) is 0 Å². The van der Waals surface area contributed by atoms with Crippen LogP contribution in [0, 0.1) is 17.0 Å². The molecule has 0 spiro atoms. The Balaban J connectivity index is 3.27. The van der Waals surface area contributed by atoms with Crippen LogP contribution in [0.2, 0.25) is 5.02 Å². The van der Waals surface area contributed by atoms with Crippen molar-refractivity contribution in [3.8, 4) is 5.75 Å². The molecule has 0 heterocycles. The van der Waals surface area contributed by atoms with E-state index in [4.69, 9.17) is 11.6 Å². The number of ether oxygens (including phenoxy) is 1. The summed E-state index contributed by atoms with van der Waals surface area (Å²) >= 11 is 5.56. The molecule has 1 rings (SSSR count). The van der Waals surface area contributed by atoms with Gasteiger partial charge in [0.1, 0.15) is 0 Å². The van der Waals surface area contributed by atoms with Crippen molar-refractivity contribution < 1.29 is 18.4 Å². The number of hydrogen-bond donors (Lipinski definition) is 0. The fraction of sp³-hybridized carbons (Fsp3) is 0.250. The summed E-state index contributed by atoms with van der Waals surface area (Å²) in [5.41, 5.74) is -0.331. The molecular formula is C8H6ClF2NO3. The van der Waals surface area contributed by atoms with Crippen molar-refractivity contribution in [1.82, 2.24) is 0 Å². The molecule has 0 unspecified atom stereocenters. The Labute approximate surface area is 88.6 Å². The van der Waals surface area contributed by atoms with Crippen molar-refractivity contribution in [2.24, 2.45) is 0 Å². The zero-order valence-corrected chi connectivity index (χ0v) is 8.29. The summed E-state index contributed by atoms with van der Waals surface area (Å²) in [6.45, 7) is -1.73. The van der Waals surface area contributed by atoms with E-state index in [9.17, 15) is 18.9 Å². The fourth-order valence-electron chi connectivity index (χ4n) is 1.12. The van der Waals surface area contributed by atoms with Crippen LogP contribution < -0.4 is 4.74 Å². The van der Waals surface area contributed by atoms with Gasteiger partial charge in [-0.3, -0.25) is 10.1 Å². The third-order valence-electron chi connectivity index (χ3n) is 1.63. The highest BCUT2D eigenvalue weighted by atomic mass is 35.5. The Bertz CT molecular complexity index is 398. The highest BCUT2D eigenvalue weighted by Gasteiger charge is 2.22. The quantitative estimate of drug-likeness (QED) is 0.599. The first kappa shape index (κ1) is 11.6. The summed E-state index contributed by atoms with van der Waals surface area (Å²) in [6, 6.07) is 2.29. The van der Waals surface area contributed by atoms with Crippen LogP contribution in [0.15, 0.2) is 12.1 Å². The minimum absolute atomic E-state index is 0.105. The molecular weight excluding hydrogens is 232 g/mol. The lowest BCUT2D eigenvalue weighted by molar-refractivity contribution is -0.387. The topological polar surface area (TPSA) is 52.4 Å².